The molecule has 0 aliphatic rings. The van der Waals surface area contributed by atoms with Crippen LogP contribution >= 0.6 is 0 Å². The summed E-state index contributed by atoms with van der Waals surface area (Å²) >= 11 is 0. The second kappa shape index (κ2) is 6.53. The Morgan fingerprint density at radius 2 is 1.65 bits per heavy atom. The first-order valence-corrected chi connectivity index (χ1v) is 6.65. The highest BCUT2D eigenvalue weighted by molar-refractivity contribution is 5.53. The van der Waals surface area contributed by atoms with Gasteiger partial charge in [0.15, 0.2) is 11.5 Å². The summed E-state index contributed by atoms with van der Waals surface area (Å²) in [6.07, 6.45) is 6.04. The number of hydrogen-bond acceptors (Lipinski definition) is 2. The van der Waals surface area contributed by atoms with E-state index in [-0.39, 0.29) is 11.5 Å². The molecular formula is C15H24O2. The van der Waals surface area contributed by atoms with Crippen LogP contribution in [-0.4, -0.2) is 10.2 Å². The average molecular weight is 236 g/mol. The molecule has 1 rings (SSSR count). The Morgan fingerprint density at radius 1 is 0.941 bits per heavy atom. The summed E-state index contributed by atoms with van der Waals surface area (Å²) < 4.78 is 0. The monoisotopic (exact) mass is 236 g/mol. The summed E-state index contributed by atoms with van der Waals surface area (Å²) in [7, 11) is 0. The van der Waals surface area contributed by atoms with Gasteiger partial charge in [0.2, 0.25) is 0 Å². The predicted octanol–water partition coefficient (Wildman–Crippen LogP) is 4.09. The van der Waals surface area contributed by atoms with E-state index in [0.29, 0.717) is 0 Å². The molecule has 0 unspecified atom stereocenters. The summed E-state index contributed by atoms with van der Waals surface area (Å²) in [5.41, 5.74) is 2.87. The van der Waals surface area contributed by atoms with Crippen molar-refractivity contribution >= 4 is 0 Å². The maximum Gasteiger partial charge on any atom is 0.161 e. The number of hydrogen-bond donors (Lipinski definition) is 2. The molecule has 0 saturated carbocycles. The molecule has 0 bridgehead atoms. The van der Waals surface area contributed by atoms with Crippen molar-refractivity contribution < 1.29 is 10.2 Å². The molecule has 1 aromatic rings. The SMILES string of the molecule is CCCCCc1c(C)cc(CCC)c(O)c1O. The number of phenolic OH excluding ortho intramolecular Hbond substituents is 2. The number of rotatable bonds is 6. The second-order valence-electron chi connectivity index (χ2n) is 4.74. The van der Waals surface area contributed by atoms with Crippen LogP contribution in [0.3, 0.4) is 0 Å². The van der Waals surface area contributed by atoms with Crippen LogP contribution in [0, 0.1) is 6.92 Å². The van der Waals surface area contributed by atoms with Crippen molar-refractivity contribution in [1.82, 2.24) is 0 Å². The molecular weight excluding hydrogens is 212 g/mol. The Kier molecular flexibility index (Phi) is 5.33. The van der Waals surface area contributed by atoms with Crippen molar-refractivity contribution in [3.8, 4) is 11.5 Å². The van der Waals surface area contributed by atoms with Gasteiger partial charge in [-0.3, -0.25) is 0 Å². The smallest absolute Gasteiger partial charge is 0.161 e. The van der Waals surface area contributed by atoms with Gasteiger partial charge in [-0.25, -0.2) is 0 Å². The predicted molar refractivity (Wildman–Crippen MR) is 71.7 cm³/mol. The van der Waals surface area contributed by atoms with Gasteiger partial charge in [0.05, 0.1) is 0 Å². The van der Waals surface area contributed by atoms with E-state index in [4.69, 9.17) is 0 Å². The molecule has 0 heterocycles. The number of phenols is 2. The summed E-state index contributed by atoms with van der Waals surface area (Å²) in [6.45, 7) is 6.25. The first-order valence-electron chi connectivity index (χ1n) is 6.65. The molecule has 0 aromatic heterocycles. The molecule has 2 nitrogen and oxygen atoms in total. The van der Waals surface area contributed by atoms with Gasteiger partial charge in [0.1, 0.15) is 0 Å². The van der Waals surface area contributed by atoms with Crippen molar-refractivity contribution in [3.63, 3.8) is 0 Å². The van der Waals surface area contributed by atoms with Crippen LogP contribution in [-0.2, 0) is 12.8 Å². The highest BCUT2D eigenvalue weighted by Gasteiger charge is 2.14. The van der Waals surface area contributed by atoms with E-state index in [0.717, 1.165) is 48.8 Å². The zero-order valence-electron chi connectivity index (χ0n) is 11.2. The first kappa shape index (κ1) is 13.9. The zero-order chi connectivity index (χ0) is 12.8. The molecule has 0 spiro atoms. The van der Waals surface area contributed by atoms with E-state index in [1.807, 2.05) is 13.0 Å². The van der Waals surface area contributed by atoms with Gasteiger partial charge in [-0.15, -0.1) is 0 Å². The van der Waals surface area contributed by atoms with Gasteiger partial charge >= 0.3 is 0 Å². The molecule has 0 fully saturated rings. The highest BCUT2D eigenvalue weighted by Crippen LogP contribution is 2.36. The van der Waals surface area contributed by atoms with Crippen LogP contribution in [0.15, 0.2) is 6.07 Å². The van der Waals surface area contributed by atoms with Crippen molar-refractivity contribution in [3.05, 3.63) is 22.8 Å². The van der Waals surface area contributed by atoms with Crippen molar-refractivity contribution in [1.29, 1.82) is 0 Å². The number of aryl methyl sites for hydroxylation is 2. The van der Waals surface area contributed by atoms with E-state index >= 15 is 0 Å². The van der Waals surface area contributed by atoms with Gasteiger partial charge in [-0.2, -0.15) is 0 Å². The third-order valence-electron chi connectivity index (χ3n) is 3.23. The fourth-order valence-corrected chi connectivity index (χ4v) is 2.23. The lowest BCUT2D eigenvalue weighted by atomic mass is 9.96. The molecule has 0 saturated heterocycles. The fraction of sp³-hybridized carbons (Fsp3) is 0.600. The van der Waals surface area contributed by atoms with Crippen LogP contribution in [0.5, 0.6) is 11.5 Å². The third kappa shape index (κ3) is 3.39. The minimum atomic E-state index is 0.0870. The van der Waals surface area contributed by atoms with E-state index in [9.17, 15) is 10.2 Å². The number of benzene rings is 1. The van der Waals surface area contributed by atoms with Crippen LogP contribution < -0.4 is 0 Å². The highest BCUT2D eigenvalue weighted by atomic mass is 16.3. The standard InChI is InChI=1S/C15H24O2/c1-4-6-7-9-13-11(3)10-12(8-5-2)14(16)15(13)17/h10,16-17H,4-9H2,1-3H3. The van der Waals surface area contributed by atoms with Crippen molar-refractivity contribution in [2.24, 2.45) is 0 Å². The lowest BCUT2D eigenvalue weighted by Crippen LogP contribution is -1.95. The Morgan fingerprint density at radius 3 is 2.24 bits per heavy atom. The zero-order valence-corrected chi connectivity index (χ0v) is 11.2. The lowest BCUT2D eigenvalue weighted by Gasteiger charge is -2.13. The molecule has 1 aromatic carbocycles. The molecule has 2 N–H and O–H groups in total. The molecule has 96 valence electrons. The Balaban J connectivity index is 2.95. The van der Waals surface area contributed by atoms with Crippen LogP contribution in [0.4, 0.5) is 0 Å². The van der Waals surface area contributed by atoms with Gasteiger partial charge in [0, 0.05) is 5.56 Å². The second-order valence-corrected chi connectivity index (χ2v) is 4.74. The topological polar surface area (TPSA) is 40.5 Å². The minimum absolute atomic E-state index is 0.0870. The van der Waals surface area contributed by atoms with Gasteiger partial charge in [-0.1, -0.05) is 39.2 Å². The van der Waals surface area contributed by atoms with Crippen LogP contribution in [0.2, 0.25) is 0 Å². The first-order chi connectivity index (χ1) is 8.11. The van der Waals surface area contributed by atoms with Crippen LogP contribution in [0.25, 0.3) is 0 Å². The molecule has 0 atom stereocenters. The minimum Gasteiger partial charge on any atom is -0.504 e. The molecule has 0 aliphatic heterocycles. The van der Waals surface area contributed by atoms with Crippen molar-refractivity contribution in [2.45, 2.75) is 59.3 Å². The molecule has 2 heteroatoms. The van der Waals surface area contributed by atoms with E-state index in [1.165, 1.54) is 6.42 Å². The summed E-state index contributed by atoms with van der Waals surface area (Å²) in [6, 6.07) is 2.01. The molecule has 0 amide bonds. The van der Waals surface area contributed by atoms with Gasteiger partial charge < -0.3 is 10.2 Å². The lowest BCUT2D eigenvalue weighted by molar-refractivity contribution is 0.393. The third-order valence-corrected chi connectivity index (χ3v) is 3.23. The number of unbranched alkanes of at least 4 members (excludes halogenated alkanes) is 2. The van der Waals surface area contributed by atoms with E-state index < -0.39 is 0 Å². The Labute approximate surface area is 104 Å². The van der Waals surface area contributed by atoms with E-state index in [2.05, 4.69) is 13.8 Å². The van der Waals surface area contributed by atoms with Gasteiger partial charge in [-0.05, 0) is 37.3 Å². The van der Waals surface area contributed by atoms with Crippen molar-refractivity contribution in [2.75, 3.05) is 0 Å². The molecule has 0 aliphatic carbocycles. The Hall–Kier alpha value is -1.18. The fourth-order valence-electron chi connectivity index (χ4n) is 2.23. The van der Waals surface area contributed by atoms with Gasteiger partial charge in [0.25, 0.3) is 0 Å². The summed E-state index contributed by atoms with van der Waals surface area (Å²) in [5, 5.41) is 20.0. The summed E-state index contributed by atoms with van der Waals surface area (Å²) in [4.78, 5) is 0. The number of aromatic hydroxyl groups is 2. The normalized spacial score (nSPS) is 10.8. The Bertz CT molecular complexity index is 370. The maximum atomic E-state index is 10.0. The molecule has 0 radical (unpaired) electrons. The molecule has 17 heavy (non-hydrogen) atoms. The maximum absolute atomic E-state index is 10.0. The van der Waals surface area contributed by atoms with Crippen LogP contribution in [0.1, 0.15) is 56.2 Å². The quantitative estimate of drug-likeness (QED) is 0.577. The largest absolute Gasteiger partial charge is 0.504 e. The summed E-state index contributed by atoms with van der Waals surface area (Å²) in [5.74, 6) is 0.188. The van der Waals surface area contributed by atoms with E-state index in [1.54, 1.807) is 0 Å². The average Bonchev–Trinajstić information content (AvgIpc) is 2.30.